The lowest BCUT2D eigenvalue weighted by Gasteiger charge is -2.03. The van der Waals surface area contributed by atoms with Crippen molar-refractivity contribution in [2.24, 2.45) is 7.05 Å². The van der Waals surface area contributed by atoms with Crippen molar-refractivity contribution < 1.29 is 4.79 Å². The zero-order valence-corrected chi connectivity index (χ0v) is 15.6. The van der Waals surface area contributed by atoms with E-state index in [1.165, 1.54) is 0 Å². The highest BCUT2D eigenvalue weighted by Gasteiger charge is 2.13. The minimum absolute atomic E-state index is 0.0673. The first-order chi connectivity index (χ1) is 13.6. The van der Waals surface area contributed by atoms with Gasteiger partial charge in [0.15, 0.2) is 11.6 Å². The van der Waals surface area contributed by atoms with Crippen LogP contribution in [0.5, 0.6) is 0 Å². The van der Waals surface area contributed by atoms with Gasteiger partial charge in [-0.3, -0.25) is 14.2 Å². The van der Waals surface area contributed by atoms with Crippen molar-refractivity contribution in [3.8, 4) is 11.4 Å². The molecule has 4 rings (SSSR count). The van der Waals surface area contributed by atoms with Crippen LogP contribution in [-0.4, -0.2) is 42.0 Å². The smallest absolute Gasteiger partial charge is 0.247 e. The second-order valence-electron chi connectivity index (χ2n) is 6.26. The van der Waals surface area contributed by atoms with Gasteiger partial charge in [0.05, 0.1) is 17.3 Å². The number of para-hydroxylation sites is 1. The molecule has 0 radical (unpaired) electrons. The zero-order chi connectivity index (χ0) is 19.5. The molecule has 0 aliphatic carbocycles. The summed E-state index contributed by atoms with van der Waals surface area (Å²) in [5, 5.41) is 15.5. The van der Waals surface area contributed by atoms with Crippen LogP contribution in [0.15, 0.2) is 48.9 Å². The van der Waals surface area contributed by atoms with Crippen LogP contribution in [0.25, 0.3) is 22.3 Å². The number of rotatable bonds is 6. The summed E-state index contributed by atoms with van der Waals surface area (Å²) in [5.74, 6) is 1.64. The van der Waals surface area contributed by atoms with Gasteiger partial charge in [0.25, 0.3) is 0 Å². The lowest BCUT2D eigenvalue weighted by Crippen LogP contribution is -2.19. The van der Waals surface area contributed by atoms with Gasteiger partial charge in [0, 0.05) is 31.4 Å². The quantitative estimate of drug-likeness (QED) is 0.535. The van der Waals surface area contributed by atoms with Gasteiger partial charge in [-0.15, -0.1) is 0 Å². The summed E-state index contributed by atoms with van der Waals surface area (Å²) in [7, 11) is 1.85. The molecule has 9 heteroatoms. The minimum Gasteiger partial charge on any atom is -0.370 e. The monoisotopic (exact) mass is 376 g/mol. The fourth-order valence-corrected chi connectivity index (χ4v) is 2.97. The van der Waals surface area contributed by atoms with Gasteiger partial charge in [0.2, 0.25) is 5.91 Å². The Kier molecular flexibility index (Phi) is 4.71. The van der Waals surface area contributed by atoms with E-state index in [0.717, 1.165) is 28.8 Å². The number of amides is 1. The van der Waals surface area contributed by atoms with Crippen LogP contribution in [0.2, 0.25) is 0 Å². The van der Waals surface area contributed by atoms with Gasteiger partial charge < -0.3 is 10.6 Å². The van der Waals surface area contributed by atoms with Crippen LogP contribution in [0.3, 0.4) is 0 Å². The van der Waals surface area contributed by atoms with Gasteiger partial charge in [0.1, 0.15) is 12.4 Å². The van der Waals surface area contributed by atoms with Crippen LogP contribution < -0.4 is 10.6 Å². The first kappa shape index (κ1) is 17.7. The summed E-state index contributed by atoms with van der Waals surface area (Å²) in [6.45, 7) is 2.85. The highest BCUT2D eigenvalue weighted by molar-refractivity contribution is 5.99. The number of aryl methyl sites for hydroxylation is 1. The molecule has 0 aliphatic heterocycles. The minimum atomic E-state index is -0.208. The number of fused-ring (bicyclic) bond motifs is 1. The maximum Gasteiger partial charge on any atom is 0.247 e. The fourth-order valence-electron chi connectivity index (χ4n) is 2.97. The van der Waals surface area contributed by atoms with Crippen LogP contribution >= 0.6 is 0 Å². The average Bonchev–Trinajstić information content (AvgIpc) is 3.28. The molecule has 9 nitrogen and oxygen atoms in total. The molecule has 142 valence electrons. The number of carbonyl (C=O) groups is 1. The Labute approximate surface area is 161 Å². The second-order valence-corrected chi connectivity index (χ2v) is 6.26. The summed E-state index contributed by atoms with van der Waals surface area (Å²) >= 11 is 0. The number of hydrogen-bond donors (Lipinski definition) is 2. The lowest BCUT2D eigenvalue weighted by atomic mass is 10.2. The number of hydrogen-bond acceptors (Lipinski definition) is 6. The van der Waals surface area contributed by atoms with Crippen LogP contribution in [0.4, 0.5) is 11.6 Å². The molecule has 0 unspecified atom stereocenters. The van der Waals surface area contributed by atoms with Crippen molar-refractivity contribution in [1.29, 1.82) is 0 Å². The Bertz CT molecular complexity index is 1130. The number of nitrogens with one attached hydrogen (secondary N) is 2. The first-order valence-corrected chi connectivity index (χ1v) is 8.95. The van der Waals surface area contributed by atoms with Crippen LogP contribution in [-0.2, 0) is 18.4 Å². The van der Waals surface area contributed by atoms with Crippen molar-refractivity contribution >= 4 is 28.4 Å². The van der Waals surface area contributed by atoms with E-state index in [0.29, 0.717) is 11.6 Å². The predicted molar refractivity (Wildman–Crippen MR) is 107 cm³/mol. The molecule has 1 amide bonds. The van der Waals surface area contributed by atoms with Gasteiger partial charge in [-0.2, -0.15) is 10.2 Å². The molecular weight excluding hydrogens is 356 g/mol. The third kappa shape index (κ3) is 3.54. The molecule has 0 spiro atoms. The van der Waals surface area contributed by atoms with Crippen molar-refractivity contribution in [1.82, 2.24) is 29.5 Å². The highest BCUT2D eigenvalue weighted by atomic mass is 16.2. The molecule has 0 atom stereocenters. The third-order valence-corrected chi connectivity index (χ3v) is 4.23. The number of nitrogens with zero attached hydrogens (tertiary/aromatic N) is 6. The fraction of sp³-hybridized carbons (Fsp3) is 0.211. The normalized spacial score (nSPS) is 10.9. The maximum atomic E-state index is 12.5. The maximum absolute atomic E-state index is 12.5. The van der Waals surface area contributed by atoms with E-state index in [9.17, 15) is 4.79 Å². The van der Waals surface area contributed by atoms with Gasteiger partial charge in [-0.1, -0.05) is 12.1 Å². The molecule has 0 bridgehead atoms. The van der Waals surface area contributed by atoms with Crippen molar-refractivity contribution in [2.45, 2.75) is 13.5 Å². The van der Waals surface area contributed by atoms with E-state index in [4.69, 9.17) is 0 Å². The SMILES string of the molecule is CCNc1ccnc(-c2cnn(CC(=O)Nc3nn(C)c4ccccc34)c2)n1. The van der Waals surface area contributed by atoms with E-state index in [1.807, 2.05) is 44.3 Å². The summed E-state index contributed by atoms with van der Waals surface area (Å²) in [4.78, 5) is 21.2. The summed E-state index contributed by atoms with van der Waals surface area (Å²) in [6.07, 6.45) is 5.09. The Hall–Kier alpha value is -3.75. The molecule has 3 heterocycles. The van der Waals surface area contributed by atoms with E-state index < -0.39 is 0 Å². The van der Waals surface area contributed by atoms with Gasteiger partial charge >= 0.3 is 0 Å². The number of carbonyl (C=O) groups excluding carboxylic acids is 1. The average molecular weight is 376 g/mol. The van der Waals surface area contributed by atoms with E-state index >= 15 is 0 Å². The van der Waals surface area contributed by atoms with Crippen LogP contribution in [0, 0.1) is 0 Å². The van der Waals surface area contributed by atoms with E-state index in [2.05, 4.69) is 30.8 Å². The summed E-state index contributed by atoms with van der Waals surface area (Å²) < 4.78 is 3.30. The molecule has 3 aromatic heterocycles. The van der Waals surface area contributed by atoms with E-state index in [-0.39, 0.29) is 12.5 Å². The standard InChI is InChI=1S/C19H20N8O/c1-3-20-16-8-9-21-18(23-16)13-10-22-27(11-13)12-17(28)24-19-14-6-4-5-7-15(14)26(2)25-19/h4-11H,3,12H2,1-2H3,(H,20,21,23)(H,24,25,28). The first-order valence-electron chi connectivity index (χ1n) is 8.95. The zero-order valence-electron chi connectivity index (χ0n) is 15.6. The lowest BCUT2D eigenvalue weighted by molar-refractivity contribution is -0.116. The molecule has 4 aromatic rings. The molecular formula is C19H20N8O. The Morgan fingerprint density at radius 3 is 2.93 bits per heavy atom. The Morgan fingerprint density at radius 1 is 1.21 bits per heavy atom. The van der Waals surface area contributed by atoms with Crippen molar-refractivity contribution in [3.05, 3.63) is 48.9 Å². The molecule has 1 aromatic carbocycles. The molecule has 28 heavy (non-hydrogen) atoms. The van der Waals surface area contributed by atoms with Gasteiger partial charge in [-0.05, 0) is 25.1 Å². The number of aromatic nitrogens is 6. The van der Waals surface area contributed by atoms with Crippen molar-refractivity contribution in [2.75, 3.05) is 17.2 Å². The molecule has 0 saturated heterocycles. The third-order valence-electron chi connectivity index (χ3n) is 4.23. The van der Waals surface area contributed by atoms with Gasteiger partial charge in [-0.25, -0.2) is 9.97 Å². The van der Waals surface area contributed by atoms with E-state index in [1.54, 1.807) is 28.0 Å². The molecule has 0 saturated carbocycles. The number of benzene rings is 1. The highest BCUT2D eigenvalue weighted by Crippen LogP contribution is 2.21. The molecule has 0 fully saturated rings. The summed E-state index contributed by atoms with van der Waals surface area (Å²) in [5.41, 5.74) is 1.70. The Balaban J connectivity index is 1.48. The topological polar surface area (TPSA) is 103 Å². The number of anilines is 2. The summed E-state index contributed by atoms with van der Waals surface area (Å²) in [6, 6.07) is 9.55. The molecule has 0 aliphatic rings. The van der Waals surface area contributed by atoms with Crippen molar-refractivity contribution in [3.63, 3.8) is 0 Å². The Morgan fingerprint density at radius 2 is 2.07 bits per heavy atom. The van der Waals surface area contributed by atoms with Crippen LogP contribution in [0.1, 0.15) is 6.92 Å². The predicted octanol–water partition coefficient (Wildman–Crippen LogP) is 2.30. The molecule has 2 N–H and O–H groups in total. The largest absolute Gasteiger partial charge is 0.370 e. The second kappa shape index (κ2) is 7.47.